The first kappa shape index (κ1) is 24.3. The maximum absolute atomic E-state index is 13.0. The van der Waals surface area contributed by atoms with Crippen molar-refractivity contribution in [3.05, 3.63) is 40.4 Å². The van der Waals surface area contributed by atoms with Gasteiger partial charge in [-0.25, -0.2) is 18.2 Å². The quantitative estimate of drug-likeness (QED) is 0.657. The van der Waals surface area contributed by atoms with Gasteiger partial charge in [0, 0.05) is 19.0 Å². The van der Waals surface area contributed by atoms with Crippen LogP contribution in [0.2, 0.25) is 0 Å². The summed E-state index contributed by atoms with van der Waals surface area (Å²) in [5.74, 6) is -1.04. The van der Waals surface area contributed by atoms with Gasteiger partial charge < -0.3 is 10.1 Å². The average molecular weight is 480 g/mol. The zero-order valence-corrected chi connectivity index (χ0v) is 20.6. The SMILES string of the molecule is COC(=O)c1sc(NC(=O)C2CCN(S(=O)(=O)c3ccc(C(C)(C)C)cc3)CC2)nc1C. The Bertz CT molecular complexity index is 1090. The Morgan fingerprint density at radius 2 is 1.75 bits per heavy atom. The van der Waals surface area contributed by atoms with Crippen molar-refractivity contribution >= 4 is 38.4 Å². The van der Waals surface area contributed by atoms with Crippen LogP contribution in [0.25, 0.3) is 0 Å². The minimum absolute atomic E-state index is 0.0540. The third kappa shape index (κ3) is 5.19. The fourth-order valence-corrected chi connectivity index (χ4v) is 5.93. The van der Waals surface area contributed by atoms with Gasteiger partial charge in [-0.05, 0) is 42.9 Å². The summed E-state index contributed by atoms with van der Waals surface area (Å²) in [6.07, 6.45) is 0.832. The Morgan fingerprint density at radius 3 is 2.28 bits per heavy atom. The van der Waals surface area contributed by atoms with Crippen molar-refractivity contribution in [2.75, 3.05) is 25.5 Å². The number of benzene rings is 1. The van der Waals surface area contributed by atoms with Crippen molar-refractivity contribution in [1.82, 2.24) is 9.29 Å². The first-order valence-electron chi connectivity index (χ1n) is 10.4. The fraction of sp³-hybridized carbons (Fsp3) is 0.500. The first-order valence-corrected chi connectivity index (χ1v) is 12.7. The summed E-state index contributed by atoms with van der Waals surface area (Å²) in [7, 11) is -2.31. The first-order chi connectivity index (χ1) is 14.9. The molecule has 0 radical (unpaired) electrons. The topological polar surface area (TPSA) is 106 Å². The van der Waals surface area contributed by atoms with Crippen LogP contribution in [-0.2, 0) is 25.0 Å². The van der Waals surface area contributed by atoms with E-state index in [-0.39, 0.29) is 35.2 Å². The largest absolute Gasteiger partial charge is 0.465 e. The molecule has 0 unspecified atom stereocenters. The second-order valence-electron chi connectivity index (χ2n) is 8.87. The Morgan fingerprint density at radius 1 is 1.16 bits per heavy atom. The number of ether oxygens (including phenoxy) is 1. The van der Waals surface area contributed by atoms with Gasteiger partial charge in [0.2, 0.25) is 15.9 Å². The monoisotopic (exact) mass is 479 g/mol. The van der Waals surface area contributed by atoms with E-state index in [1.165, 1.54) is 11.4 Å². The third-order valence-electron chi connectivity index (χ3n) is 5.58. The molecule has 1 fully saturated rings. The van der Waals surface area contributed by atoms with Gasteiger partial charge in [0.25, 0.3) is 0 Å². The van der Waals surface area contributed by atoms with Crippen LogP contribution in [0.4, 0.5) is 5.13 Å². The highest BCUT2D eigenvalue weighted by atomic mass is 32.2. The molecule has 174 valence electrons. The van der Waals surface area contributed by atoms with Gasteiger partial charge in [-0.3, -0.25) is 4.79 Å². The number of sulfonamides is 1. The number of thiazole rings is 1. The second-order valence-corrected chi connectivity index (χ2v) is 11.8. The Hall–Kier alpha value is -2.30. The molecule has 0 saturated carbocycles. The summed E-state index contributed by atoms with van der Waals surface area (Å²) in [4.78, 5) is 29.2. The summed E-state index contributed by atoms with van der Waals surface area (Å²) in [6, 6.07) is 7.01. The van der Waals surface area contributed by atoms with E-state index in [2.05, 4.69) is 31.1 Å². The lowest BCUT2D eigenvalue weighted by Crippen LogP contribution is -2.41. The maximum atomic E-state index is 13.0. The molecule has 0 bridgehead atoms. The molecule has 0 aliphatic carbocycles. The lowest BCUT2D eigenvalue weighted by atomic mass is 9.87. The lowest BCUT2D eigenvalue weighted by molar-refractivity contribution is -0.120. The molecule has 2 heterocycles. The van der Waals surface area contributed by atoms with Gasteiger partial charge in [0.05, 0.1) is 17.7 Å². The lowest BCUT2D eigenvalue weighted by Gasteiger charge is -2.30. The molecule has 1 aliphatic rings. The van der Waals surface area contributed by atoms with Gasteiger partial charge >= 0.3 is 5.97 Å². The molecule has 2 aromatic rings. The summed E-state index contributed by atoms with van der Waals surface area (Å²) < 4.78 is 32.2. The number of nitrogens with zero attached hydrogens (tertiary/aromatic N) is 2. The van der Waals surface area contributed by atoms with Gasteiger partial charge in [0.15, 0.2) is 5.13 Å². The second kappa shape index (κ2) is 9.29. The molecule has 32 heavy (non-hydrogen) atoms. The van der Waals surface area contributed by atoms with Gasteiger partial charge in [-0.2, -0.15) is 4.31 Å². The summed E-state index contributed by atoms with van der Waals surface area (Å²) >= 11 is 1.07. The van der Waals surface area contributed by atoms with Crippen LogP contribution >= 0.6 is 11.3 Å². The summed E-state index contributed by atoms with van der Waals surface area (Å²) in [6.45, 7) is 8.45. The minimum Gasteiger partial charge on any atom is -0.465 e. The zero-order valence-electron chi connectivity index (χ0n) is 19.0. The van der Waals surface area contributed by atoms with Crippen LogP contribution in [0, 0.1) is 12.8 Å². The molecule has 1 aromatic heterocycles. The number of piperidine rings is 1. The zero-order chi connectivity index (χ0) is 23.7. The van der Waals surface area contributed by atoms with E-state index in [9.17, 15) is 18.0 Å². The van der Waals surface area contributed by atoms with Crippen molar-refractivity contribution in [1.29, 1.82) is 0 Å². The molecule has 0 spiro atoms. The van der Waals surface area contributed by atoms with Gasteiger partial charge in [-0.15, -0.1) is 0 Å². The number of methoxy groups -OCH3 is 1. The van der Waals surface area contributed by atoms with Gasteiger partial charge in [-0.1, -0.05) is 44.2 Å². The molecule has 8 nitrogen and oxygen atoms in total. The highest BCUT2D eigenvalue weighted by Gasteiger charge is 2.32. The highest BCUT2D eigenvalue weighted by Crippen LogP contribution is 2.29. The van der Waals surface area contributed by atoms with E-state index in [1.807, 2.05) is 12.1 Å². The normalized spacial score (nSPS) is 16.0. The number of hydrogen-bond donors (Lipinski definition) is 1. The van der Waals surface area contributed by atoms with Crippen molar-refractivity contribution in [2.24, 2.45) is 5.92 Å². The number of nitrogens with one attached hydrogen (secondary N) is 1. The molecule has 3 rings (SSSR count). The summed E-state index contributed by atoms with van der Waals surface area (Å²) in [5, 5.41) is 3.09. The van der Waals surface area contributed by atoms with E-state index in [0.717, 1.165) is 16.9 Å². The molecule has 0 atom stereocenters. The van der Waals surface area contributed by atoms with Crippen molar-refractivity contribution in [2.45, 2.75) is 50.8 Å². The number of rotatable bonds is 5. The average Bonchev–Trinajstić information content (AvgIpc) is 3.12. The molecule has 1 amide bonds. The van der Waals surface area contributed by atoms with Crippen LogP contribution in [0.5, 0.6) is 0 Å². The molecular formula is C22H29N3O5S2. The predicted octanol–water partition coefficient (Wildman–Crippen LogP) is 3.58. The van der Waals surface area contributed by atoms with E-state index in [1.54, 1.807) is 19.1 Å². The number of amides is 1. The van der Waals surface area contributed by atoms with Crippen molar-refractivity contribution in [3.8, 4) is 0 Å². The van der Waals surface area contributed by atoms with Gasteiger partial charge in [0.1, 0.15) is 4.88 Å². The predicted molar refractivity (Wildman–Crippen MR) is 123 cm³/mol. The number of carbonyl (C=O) groups is 2. The smallest absolute Gasteiger partial charge is 0.350 e. The minimum atomic E-state index is -3.61. The van der Waals surface area contributed by atoms with Crippen LogP contribution in [0.3, 0.4) is 0 Å². The van der Waals surface area contributed by atoms with Crippen LogP contribution in [0.1, 0.15) is 54.5 Å². The molecule has 1 N–H and O–H groups in total. The third-order valence-corrected chi connectivity index (χ3v) is 8.55. The standard InChI is InChI=1S/C22H29N3O5S2/c1-14-18(20(27)30-5)31-21(23-14)24-19(26)15-10-12-25(13-11-15)32(28,29)17-8-6-16(7-9-17)22(2,3)4/h6-9,15H,10-13H2,1-5H3,(H,23,24,26). The number of esters is 1. The Kier molecular flexibility index (Phi) is 7.06. The van der Waals surface area contributed by atoms with Crippen LogP contribution in [-0.4, -0.2) is 49.8 Å². The van der Waals surface area contributed by atoms with E-state index < -0.39 is 16.0 Å². The summed E-state index contributed by atoms with van der Waals surface area (Å²) in [5.41, 5.74) is 1.51. The van der Waals surface area contributed by atoms with E-state index >= 15 is 0 Å². The molecule has 10 heteroatoms. The maximum Gasteiger partial charge on any atom is 0.350 e. The van der Waals surface area contributed by atoms with Crippen LogP contribution < -0.4 is 5.32 Å². The molecule has 1 aliphatic heterocycles. The number of hydrogen-bond acceptors (Lipinski definition) is 7. The van der Waals surface area contributed by atoms with Crippen LogP contribution in [0.15, 0.2) is 29.2 Å². The molecule has 1 saturated heterocycles. The highest BCUT2D eigenvalue weighted by molar-refractivity contribution is 7.89. The number of carbonyl (C=O) groups excluding carboxylic acids is 2. The number of aromatic nitrogens is 1. The van der Waals surface area contributed by atoms with Crippen molar-refractivity contribution < 1.29 is 22.7 Å². The van der Waals surface area contributed by atoms with E-state index in [4.69, 9.17) is 4.74 Å². The fourth-order valence-electron chi connectivity index (χ4n) is 3.57. The Labute approximate surface area is 193 Å². The van der Waals surface area contributed by atoms with E-state index in [0.29, 0.717) is 28.5 Å². The number of aryl methyl sites for hydroxylation is 1. The molecule has 1 aromatic carbocycles. The number of anilines is 1. The Balaban J connectivity index is 1.62. The van der Waals surface area contributed by atoms with Crippen molar-refractivity contribution in [3.63, 3.8) is 0 Å². The molecular weight excluding hydrogens is 450 g/mol.